The van der Waals surface area contributed by atoms with Crippen LogP contribution in [0.15, 0.2) is 23.6 Å². The van der Waals surface area contributed by atoms with Crippen molar-refractivity contribution in [3.63, 3.8) is 0 Å². The molecule has 0 radical (unpaired) electrons. The maximum atomic E-state index is 10.2. The van der Waals surface area contributed by atoms with Gasteiger partial charge < -0.3 is 5.11 Å². The minimum absolute atomic E-state index is 0.352. The molecule has 0 aliphatic heterocycles. The summed E-state index contributed by atoms with van der Waals surface area (Å²) in [6.07, 6.45) is 0.999. The zero-order chi connectivity index (χ0) is 13.1. The van der Waals surface area contributed by atoms with E-state index in [-0.39, 0.29) is 6.10 Å². The normalized spacial score (nSPS) is 12.7. The molecule has 96 valence electrons. The number of nitrogens with zero attached hydrogens (tertiary/aromatic N) is 1. The van der Waals surface area contributed by atoms with Gasteiger partial charge in [0.1, 0.15) is 0 Å². The lowest BCUT2D eigenvalue weighted by Gasteiger charge is -2.13. The lowest BCUT2D eigenvalue weighted by Crippen LogP contribution is -2.15. The van der Waals surface area contributed by atoms with Crippen LogP contribution in [0.2, 0.25) is 0 Å². The van der Waals surface area contributed by atoms with Crippen molar-refractivity contribution in [1.29, 1.82) is 0 Å². The Morgan fingerprint density at radius 1 is 1.17 bits per heavy atom. The average molecular weight is 261 g/mol. The van der Waals surface area contributed by atoms with Gasteiger partial charge in [-0.05, 0) is 43.9 Å². The molecular formula is C15H19NOS. The minimum Gasteiger partial charge on any atom is -0.392 e. The van der Waals surface area contributed by atoms with E-state index in [1.807, 2.05) is 12.3 Å². The van der Waals surface area contributed by atoms with Crippen LogP contribution in [0.1, 0.15) is 27.4 Å². The second kappa shape index (κ2) is 5.63. The zero-order valence-corrected chi connectivity index (χ0v) is 11.9. The van der Waals surface area contributed by atoms with Crippen molar-refractivity contribution < 1.29 is 5.11 Å². The first-order valence-corrected chi connectivity index (χ1v) is 7.08. The molecule has 0 bridgehead atoms. The highest BCUT2D eigenvalue weighted by molar-refractivity contribution is 7.09. The molecular weight excluding hydrogens is 242 g/mol. The summed E-state index contributed by atoms with van der Waals surface area (Å²) < 4.78 is 0. The maximum Gasteiger partial charge on any atom is 0.0954 e. The maximum absolute atomic E-state index is 10.2. The van der Waals surface area contributed by atoms with Crippen LogP contribution in [0.25, 0.3) is 0 Å². The quantitative estimate of drug-likeness (QED) is 0.916. The molecule has 2 rings (SSSR count). The molecule has 2 nitrogen and oxygen atoms in total. The number of hydrogen-bond acceptors (Lipinski definition) is 3. The van der Waals surface area contributed by atoms with E-state index in [4.69, 9.17) is 0 Å². The molecule has 0 amide bonds. The van der Waals surface area contributed by atoms with Gasteiger partial charge in [-0.15, -0.1) is 11.3 Å². The molecule has 0 aliphatic carbocycles. The summed E-state index contributed by atoms with van der Waals surface area (Å²) >= 11 is 1.63. The van der Waals surface area contributed by atoms with Gasteiger partial charge in [0.25, 0.3) is 0 Å². The van der Waals surface area contributed by atoms with Crippen molar-refractivity contribution in [3.8, 4) is 0 Å². The number of aliphatic hydroxyl groups excluding tert-OH is 1. The van der Waals surface area contributed by atoms with E-state index in [9.17, 15) is 5.11 Å². The Kier molecular flexibility index (Phi) is 4.15. The van der Waals surface area contributed by atoms with Crippen molar-refractivity contribution >= 4 is 11.3 Å². The number of aliphatic hydroxyl groups is 1. The Morgan fingerprint density at radius 3 is 2.39 bits per heavy atom. The molecule has 2 aromatic rings. The smallest absolute Gasteiger partial charge is 0.0954 e. The van der Waals surface area contributed by atoms with Gasteiger partial charge in [-0.2, -0.15) is 0 Å². The fourth-order valence-corrected chi connectivity index (χ4v) is 3.02. The van der Waals surface area contributed by atoms with E-state index in [1.54, 1.807) is 11.3 Å². The summed E-state index contributed by atoms with van der Waals surface area (Å²) in [7, 11) is 0. The van der Waals surface area contributed by atoms with Gasteiger partial charge in [0.05, 0.1) is 11.1 Å². The summed E-state index contributed by atoms with van der Waals surface area (Å²) in [5.74, 6) is 0. The average Bonchev–Trinajstić information content (AvgIpc) is 2.69. The van der Waals surface area contributed by atoms with Crippen LogP contribution in [-0.2, 0) is 12.8 Å². The first-order chi connectivity index (χ1) is 8.56. The van der Waals surface area contributed by atoms with Gasteiger partial charge in [0, 0.05) is 17.5 Å². The SMILES string of the molecule is Cc1csc(CC(O)Cc2c(C)cccc2C)n1. The Balaban J connectivity index is 2.05. The van der Waals surface area contributed by atoms with Gasteiger partial charge in [0.15, 0.2) is 0 Å². The summed E-state index contributed by atoms with van der Waals surface area (Å²) in [5, 5.41) is 13.2. The number of aromatic nitrogens is 1. The van der Waals surface area contributed by atoms with E-state index < -0.39 is 0 Å². The summed E-state index contributed by atoms with van der Waals surface area (Å²) in [6.45, 7) is 6.18. The molecule has 1 atom stereocenters. The first-order valence-electron chi connectivity index (χ1n) is 6.20. The van der Waals surface area contributed by atoms with E-state index >= 15 is 0 Å². The molecule has 0 spiro atoms. The second-order valence-electron chi connectivity index (χ2n) is 4.82. The highest BCUT2D eigenvalue weighted by atomic mass is 32.1. The van der Waals surface area contributed by atoms with Crippen LogP contribution < -0.4 is 0 Å². The van der Waals surface area contributed by atoms with Crippen LogP contribution in [0.5, 0.6) is 0 Å². The van der Waals surface area contributed by atoms with Crippen molar-refractivity contribution in [1.82, 2.24) is 4.98 Å². The summed E-state index contributed by atoms with van der Waals surface area (Å²) in [5.41, 5.74) is 4.81. The minimum atomic E-state index is -0.352. The van der Waals surface area contributed by atoms with Gasteiger partial charge in [-0.1, -0.05) is 18.2 Å². The molecule has 1 unspecified atom stereocenters. The molecule has 0 fully saturated rings. The van der Waals surface area contributed by atoms with E-state index in [0.29, 0.717) is 12.8 Å². The highest BCUT2D eigenvalue weighted by Gasteiger charge is 2.12. The molecule has 1 N–H and O–H groups in total. The summed E-state index contributed by atoms with van der Waals surface area (Å²) in [4.78, 5) is 4.40. The Hall–Kier alpha value is -1.19. The molecule has 18 heavy (non-hydrogen) atoms. The second-order valence-corrected chi connectivity index (χ2v) is 5.76. The van der Waals surface area contributed by atoms with Gasteiger partial charge in [0.2, 0.25) is 0 Å². The fraction of sp³-hybridized carbons (Fsp3) is 0.400. The third kappa shape index (κ3) is 3.18. The van der Waals surface area contributed by atoms with Crippen molar-refractivity contribution in [3.05, 3.63) is 51.0 Å². The van der Waals surface area contributed by atoms with Crippen molar-refractivity contribution in [2.45, 2.75) is 39.7 Å². The van der Waals surface area contributed by atoms with Crippen LogP contribution in [-0.4, -0.2) is 16.2 Å². The molecule has 0 saturated carbocycles. The van der Waals surface area contributed by atoms with Crippen molar-refractivity contribution in [2.75, 3.05) is 0 Å². The number of thiazole rings is 1. The monoisotopic (exact) mass is 261 g/mol. The zero-order valence-electron chi connectivity index (χ0n) is 11.1. The van der Waals surface area contributed by atoms with Gasteiger partial charge in [-0.3, -0.25) is 0 Å². The number of benzene rings is 1. The largest absolute Gasteiger partial charge is 0.392 e. The van der Waals surface area contributed by atoms with Crippen molar-refractivity contribution in [2.24, 2.45) is 0 Å². The Morgan fingerprint density at radius 2 is 1.83 bits per heavy atom. The Bertz CT molecular complexity index is 513. The van der Waals surface area contributed by atoms with Gasteiger partial charge in [-0.25, -0.2) is 4.98 Å². The molecule has 1 aromatic carbocycles. The van der Waals surface area contributed by atoms with Crippen LogP contribution in [0.4, 0.5) is 0 Å². The first kappa shape index (κ1) is 13.2. The van der Waals surface area contributed by atoms with Crippen LogP contribution >= 0.6 is 11.3 Å². The van der Waals surface area contributed by atoms with Gasteiger partial charge >= 0.3 is 0 Å². The fourth-order valence-electron chi connectivity index (χ4n) is 2.18. The number of hydrogen-bond donors (Lipinski definition) is 1. The van der Waals surface area contributed by atoms with E-state index in [1.165, 1.54) is 16.7 Å². The van der Waals surface area contributed by atoms with Crippen LogP contribution in [0.3, 0.4) is 0 Å². The molecule has 3 heteroatoms. The molecule has 0 saturated heterocycles. The number of rotatable bonds is 4. The summed E-state index contributed by atoms with van der Waals surface area (Å²) in [6, 6.07) is 6.26. The van der Waals surface area contributed by atoms with E-state index in [2.05, 4.69) is 37.0 Å². The molecule has 1 aromatic heterocycles. The topological polar surface area (TPSA) is 33.1 Å². The number of aryl methyl sites for hydroxylation is 3. The highest BCUT2D eigenvalue weighted by Crippen LogP contribution is 2.18. The third-order valence-electron chi connectivity index (χ3n) is 3.16. The standard InChI is InChI=1S/C15H19NOS/c1-10-5-4-6-11(2)14(10)7-13(17)8-15-16-12(3)9-18-15/h4-6,9,13,17H,7-8H2,1-3H3. The van der Waals surface area contributed by atoms with Crippen LogP contribution in [0, 0.1) is 20.8 Å². The predicted molar refractivity (Wildman–Crippen MR) is 76.2 cm³/mol. The van der Waals surface area contributed by atoms with E-state index in [0.717, 1.165) is 10.7 Å². The Labute approximate surface area is 112 Å². The lowest BCUT2D eigenvalue weighted by atomic mass is 9.96. The molecule has 1 heterocycles. The third-order valence-corrected chi connectivity index (χ3v) is 4.15. The molecule has 0 aliphatic rings. The lowest BCUT2D eigenvalue weighted by molar-refractivity contribution is 0.175. The predicted octanol–water partition coefficient (Wildman–Crippen LogP) is 3.21.